The van der Waals surface area contributed by atoms with Crippen LogP contribution in [0.5, 0.6) is 0 Å². The van der Waals surface area contributed by atoms with Crippen molar-refractivity contribution in [3.63, 3.8) is 0 Å². The van der Waals surface area contributed by atoms with Crippen LogP contribution >= 0.6 is 0 Å². The summed E-state index contributed by atoms with van der Waals surface area (Å²) < 4.78 is 30.7. The molecule has 0 aromatic heterocycles. The fourth-order valence-corrected chi connectivity index (χ4v) is 2.12. The second kappa shape index (κ2) is 4.39. The second-order valence-electron chi connectivity index (χ2n) is 3.63. The third-order valence-corrected chi connectivity index (χ3v) is 4.01. The van der Waals surface area contributed by atoms with E-state index in [1.807, 2.05) is 0 Å². The molecule has 1 N–H and O–H groups in total. The molecule has 1 aliphatic rings. The molecule has 1 atom stereocenters. The highest BCUT2D eigenvalue weighted by molar-refractivity contribution is 7.90. The van der Waals surface area contributed by atoms with Gasteiger partial charge in [-0.15, -0.1) is 0 Å². The molecule has 13 heavy (non-hydrogen) atoms. The first-order valence-electron chi connectivity index (χ1n) is 4.61. The van der Waals surface area contributed by atoms with Gasteiger partial charge in [-0.2, -0.15) is 0 Å². The fourth-order valence-electron chi connectivity index (χ4n) is 1.20. The van der Waals surface area contributed by atoms with E-state index in [1.165, 1.54) is 0 Å². The number of rotatable bonds is 3. The summed E-state index contributed by atoms with van der Waals surface area (Å²) in [6, 6.07) is -0.0267. The van der Waals surface area contributed by atoms with Crippen molar-refractivity contribution in [3.05, 3.63) is 0 Å². The van der Waals surface area contributed by atoms with E-state index in [1.54, 1.807) is 13.8 Å². The Hall–Kier alpha value is -0.130. The van der Waals surface area contributed by atoms with Crippen molar-refractivity contribution in [2.24, 2.45) is 0 Å². The molecule has 1 heterocycles. The molecule has 0 radical (unpaired) electrons. The van der Waals surface area contributed by atoms with Gasteiger partial charge in [0.25, 0.3) is 0 Å². The van der Waals surface area contributed by atoms with Crippen molar-refractivity contribution in [1.29, 1.82) is 0 Å². The van der Waals surface area contributed by atoms with Gasteiger partial charge >= 0.3 is 0 Å². The number of hydrogen-bond acceptors (Lipinski definition) is 3. The Balaban J connectivity index is 2.47. The van der Waals surface area contributed by atoms with E-state index < -0.39 is 10.0 Å². The van der Waals surface area contributed by atoms with Crippen LogP contribution in [-0.2, 0) is 14.8 Å². The molecule has 0 saturated carbocycles. The monoisotopic (exact) mass is 207 g/mol. The molecule has 1 unspecified atom stereocenters. The summed E-state index contributed by atoms with van der Waals surface area (Å²) in [5, 5.41) is -0.366. The lowest BCUT2D eigenvalue weighted by molar-refractivity contribution is 0.0773. The van der Waals surface area contributed by atoms with Crippen molar-refractivity contribution in [2.45, 2.75) is 38.0 Å². The molecular weight excluding hydrogens is 190 g/mol. The van der Waals surface area contributed by atoms with Crippen LogP contribution in [0, 0.1) is 0 Å². The van der Waals surface area contributed by atoms with Crippen molar-refractivity contribution >= 4 is 10.0 Å². The fraction of sp³-hybridized carbons (Fsp3) is 1.00. The van der Waals surface area contributed by atoms with E-state index in [2.05, 4.69) is 4.72 Å². The zero-order chi connectivity index (χ0) is 9.90. The topological polar surface area (TPSA) is 55.4 Å². The lowest BCUT2D eigenvalue weighted by Crippen LogP contribution is -2.43. The zero-order valence-corrected chi connectivity index (χ0v) is 8.93. The van der Waals surface area contributed by atoms with E-state index in [9.17, 15) is 8.42 Å². The van der Waals surface area contributed by atoms with Crippen LogP contribution in [0.2, 0.25) is 0 Å². The Morgan fingerprint density at radius 3 is 2.62 bits per heavy atom. The summed E-state index contributed by atoms with van der Waals surface area (Å²) in [4.78, 5) is 0. The van der Waals surface area contributed by atoms with E-state index in [0.29, 0.717) is 6.61 Å². The molecule has 0 spiro atoms. The molecule has 0 aromatic carbocycles. The average molecular weight is 207 g/mol. The summed E-state index contributed by atoms with van der Waals surface area (Å²) in [6.45, 7) is 4.60. The molecule has 78 valence electrons. The van der Waals surface area contributed by atoms with Gasteiger partial charge in [-0.1, -0.05) is 0 Å². The van der Waals surface area contributed by atoms with Crippen molar-refractivity contribution < 1.29 is 13.2 Å². The Labute approximate surface area is 79.7 Å². The van der Waals surface area contributed by atoms with Crippen LogP contribution in [-0.4, -0.2) is 32.9 Å². The Morgan fingerprint density at radius 1 is 1.46 bits per heavy atom. The van der Waals surface area contributed by atoms with E-state index in [4.69, 9.17) is 4.74 Å². The van der Waals surface area contributed by atoms with Gasteiger partial charge in [0.05, 0.1) is 11.9 Å². The smallest absolute Gasteiger partial charge is 0.214 e. The SMILES string of the molecule is CC(C)S(=O)(=O)NC1CCCOC1. The highest BCUT2D eigenvalue weighted by Gasteiger charge is 2.22. The number of sulfonamides is 1. The van der Waals surface area contributed by atoms with E-state index in [0.717, 1.165) is 19.4 Å². The van der Waals surface area contributed by atoms with Crippen LogP contribution in [0.3, 0.4) is 0 Å². The first-order chi connectivity index (χ1) is 6.02. The van der Waals surface area contributed by atoms with Gasteiger partial charge in [0.15, 0.2) is 0 Å². The van der Waals surface area contributed by atoms with E-state index >= 15 is 0 Å². The molecule has 1 fully saturated rings. The van der Waals surface area contributed by atoms with E-state index in [-0.39, 0.29) is 11.3 Å². The lowest BCUT2D eigenvalue weighted by atomic mass is 10.1. The number of hydrogen-bond donors (Lipinski definition) is 1. The predicted octanol–water partition coefficient (Wildman–Crippen LogP) is 0.493. The third-order valence-electron chi connectivity index (χ3n) is 2.11. The van der Waals surface area contributed by atoms with Crippen molar-refractivity contribution in [3.8, 4) is 0 Å². The normalized spacial score (nSPS) is 25.0. The Morgan fingerprint density at radius 2 is 2.15 bits per heavy atom. The Kier molecular flexibility index (Phi) is 3.70. The van der Waals surface area contributed by atoms with Crippen LogP contribution in [0.15, 0.2) is 0 Å². The highest BCUT2D eigenvalue weighted by atomic mass is 32.2. The van der Waals surface area contributed by atoms with Crippen LogP contribution in [0.4, 0.5) is 0 Å². The third kappa shape index (κ3) is 3.25. The first kappa shape index (κ1) is 10.9. The van der Waals surface area contributed by atoms with Gasteiger partial charge in [0.1, 0.15) is 0 Å². The van der Waals surface area contributed by atoms with Gasteiger partial charge in [0.2, 0.25) is 10.0 Å². The van der Waals surface area contributed by atoms with Crippen molar-refractivity contribution in [2.75, 3.05) is 13.2 Å². The predicted molar refractivity (Wildman–Crippen MR) is 51.0 cm³/mol. The quantitative estimate of drug-likeness (QED) is 0.733. The first-order valence-corrected chi connectivity index (χ1v) is 6.16. The van der Waals surface area contributed by atoms with Gasteiger partial charge in [0, 0.05) is 12.6 Å². The summed E-state index contributed by atoms with van der Waals surface area (Å²) in [7, 11) is -3.13. The maximum Gasteiger partial charge on any atom is 0.214 e. The maximum atomic E-state index is 11.4. The maximum absolute atomic E-state index is 11.4. The van der Waals surface area contributed by atoms with Gasteiger partial charge < -0.3 is 4.74 Å². The largest absolute Gasteiger partial charge is 0.380 e. The molecule has 0 aliphatic carbocycles. The standard InChI is InChI=1S/C8H17NO3S/c1-7(2)13(10,11)9-8-4-3-5-12-6-8/h7-9H,3-6H2,1-2H3. The highest BCUT2D eigenvalue weighted by Crippen LogP contribution is 2.08. The molecule has 4 nitrogen and oxygen atoms in total. The molecule has 0 amide bonds. The van der Waals surface area contributed by atoms with Gasteiger partial charge in [-0.3, -0.25) is 0 Å². The number of nitrogens with one attached hydrogen (secondary N) is 1. The molecule has 1 rings (SSSR count). The molecule has 1 saturated heterocycles. The summed E-state index contributed by atoms with van der Waals surface area (Å²) >= 11 is 0. The van der Waals surface area contributed by atoms with Gasteiger partial charge in [-0.25, -0.2) is 13.1 Å². The molecular formula is C8H17NO3S. The molecule has 5 heteroatoms. The second-order valence-corrected chi connectivity index (χ2v) is 5.89. The minimum Gasteiger partial charge on any atom is -0.380 e. The van der Waals surface area contributed by atoms with Crippen LogP contribution in [0.25, 0.3) is 0 Å². The zero-order valence-electron chi connectivity index (χ0n) is 8.12. The summed E-state index contributed by atoms with van der Waals surface area (Å²) in [5.41, 5.74) is 0. The molecule has 0 bridgehead atoms. The average Bonchev–Trinajstić information content (AvgIpc) is 2.05. The van der Waals surface area contributed by atoms with Crippen molar-refractivity contribution in [1.82, 2.24) is 4.72 Å². The van der Waals surface area contributed by atoms with Crippen LogP contribution < -0.4 is 4.72 Å². The summed E-state index contributed by atoms with van der Waals surface area (Å²) in [6.07, 6.45) is 1.82. The molecule has 1 aliphatic heterocycles. The van der Waals surface area contributed by atoms with Gasteiger partial charge in [-0.05, 0) is 26.7 Å². The lowest BCUT2D eigenvalue weighted by Gasteiger charge is -2.23. The minimum absolute atomic E-state index is 0.0267. The Bertz CT molecular complexity index is 242. The summed E-state index contributed by atoms with van der Waals surface area (Å²) in [5.74, 6) is 0. The number of ether oxygens (including phenoxy) is 1. The molecule has 0 aromatic rings. The minimum atomic E-state index is -3.13. The van der Waals surface area contributed by atoms with Crippen LogP contribution in [0.1, 0.15) is 26.7 Å².